The predicted octanol–water partition coefficient (Wildman–Crippen LogP) is 2.20. The maximum absolute atomic E-state index is 12.6. The lowest BCUT2D eigenvalue weighted by Crippen LogP contribution is -2.40. The Morgan fingerprint density at radius 2 is 2.27 bits per heavy atom. The molecule has 7 heteroatoms. The standard InChI is InChI=1S/C15H15N3O3S/c1-9-12(14(19)18-7-3-5-11(18)15(20)21)22-13(17-9)10-4-2-6-16-8-10/h2,4,6,8,11H,3,5,7H2,1H3,(H,20,21). The largest absolute Gasteiger partial charge is 0.480 e. The van der Waals surface area contributed by atoms with Crippen molar-refractivity contribution in [1.29, 1.82) is 0 Å². The van der Waals surface area contributed by atoms with Crippen LogP contribution in [0.25, 0.3) is 10.6 Å². The van der Waals surface area contributed by atoms with Crippen molar-refractivity contribution in [3.8, 4) is 10.6 Å². The van der Waals surface area contributed by atoms with Crippen LogP contribution in [0.4, 0.5) is 0 Å². The highest BCUT2D eigenvalue weighted by Gasteiger charge is 2.35. The molecule has 1 aliphatic rings. The Labute approximate surface area is 131 Å². The van der Waals surface area contributed by atoms with Gasteiger partial charge in [-0.05, 0) is 31.9 Å². The molecule has 1 atom stereocenters. The lowest BCUT2D eigenvalue weighted by atomic mass is 10.2. The molecule has 1 aliphatic heterocycles. The van der Waals surface area contributed by atoms with Crippen LogP contribution in [0, 0.1) is 6.92 Å². The van der Waals surface area contributed by atoms with Gasteiger partial charge in [0.25, 0.3) is 5.91 Å². The summed E-state index contributed by atoms with van der Waals surface area (Å²) in [5.74, 6) is -1.18. The van der Waals surface area contributed by atoms with Gasteiger partial charge in [-0.25, -0.2) is 9.78 Å². The van der Waals surface area contributed by atoms with Gasteiger partial charge in [0.15, 0.2) is 0 Å². The number of carboxylic acids is 1. The van der Waals surface area contributed by atoms with Crippen molar-refractivity contribution in [1.82, 2.24) is 14.9 Å². The first-order valence-electron chi connectivity index (χ1n) is 6.99. The van der Waals surface area contributed by atoms with Crippen LogP contribution >= 0.6 is 11.3 Å². The van der Waals surface area contributed by atoms with Crippen LogP contribution in [0.2, 0.25) is 0 Å². The van der Waals surface area contributed by atoms with E-state index in [0.29, 0.717) is 23.5 Å². The van der Waals surface area contributed by atoms with E-state index in [9.17, 15) is 14.7 Å². The van der Waals surface area contributed by atoms with Gasteiger partial charge in [0.1, 0.15) is 15.9 Å². The van der Waals surface area contributed by atoms with Crippen molar-refractivity contribution in [2.45, 2.75) is 25.8 Å². The molecule has 1 amide bonds. The van der Waals surface area contributed by atoms with Crippen molar-refractivity contribution in [3.63, 3.8) is 0 Å². The number of aryl methyl sites for hydroxylation is 1. The number of likely N-dealkylation sites (tertiary alicyclic amines) is 1. The van der Waals surface area contributed by atoms with Crippen molar-refractivity contribution in [2.75, 3.05) is 6.54 Å². The Hall–Kier alpha value is -2.28. The van der Waals surface area contributed by atoms with E-state index in [1.165, 1.54) is 16.2 Å². The molecule has 0 aromatic carbocycles. The number of rotatable bonds is 3. The summed E-state index contributed by atoms with van der Waals surface area (Å²) in [6.07, 6.45) is 4.60. The molecular formula is C15H15N3O3S. The van der Waals surface area contributed by atoms with Crippen LogP contribution in [-0.2, 0) is 4.79 Å². The molecule has 1 unspecified atom stereocenters. The van der Waals surface area contributed by atoms with Gasteiger partial charge in [0.05, 0.1) is 5.69 Å². The van der Waals surface area contributed by atoms with Gasteiger partial charge < -0.3 is 10.0 Å². The van der Waals surface area contributed by atoms with Crippen molar-refractivity contribution in [2.24, 2.45) is 0 Å². The van der Waals surface area contributed by atoms with E-state index in [0.717, 1.165) is 17.0 Å². The highest BCUT2D eigenvalue weighted by atomic mass is 32.1. The summed E-state index contributed by atoms with van der Waals surface area (Å²) >= 11 is 1.29. The van der Waals surface area contributed by atoms with Gasteiger partial charge in [0, 0.05) is 24.5 Å². The van der Waals surface area contributed by atoms with E-state index < -0.39 is 12.0 Å². The molecule has 1 N–H and O–H groups in total. The Bertz CT molecular complexity index is 714. The molecule has 1 fully saturated rings. The summed E-state index contributed by atoms with van der Waals surface area (Å²) in [7, 11) is 0. The number of hydrogen-bond acceptors (Lipinski definition) is 5. The molecule has 114 valence electrons. The monoisotopic (exact) mass is 317 g/mol. The van der Waals surface area contributed by atoms with Crippen LogP contribution in [0.3, 0.4) is 0 Å². The maximum Gasteiger partial charge on any atom is 0.326 e. The zero-order chi connectivity index (χ0) is 15.7. The minimum Gasteiger partial charge on any atom is -0.480 e. The quantitative estimate of drug-likeness (QED) is 0.938. The summed E-state index contributed by atoms with van der Waals surface area (Å²) in [6.45, 7) is 2.25. The molecule has 0 radical (unpaired) electrons. The first kappa shape index (κ1) is 14.6. The molecule has 6 nitrogen and oxygen atoms in total. The number of carboxylic acid groups (broad SMARTS) is 1. The Kier molecular flexibility index (Phi) is 3.89. The van der Waals surface area contributed by atoms with Gasteiger partial charge in [0.2, 0.25) is 0 Å². The van der Waals surface area contributed by atoms with E-state index in [4.69, 9.17) is 0 Å². The van der Waals surface area contributed by atoms with Crippen LogP contribution < -0.4 is 0 Å². The van der Waals surface area contributed by atoms with Crippen LogP contribution in [0.15, 0.2) is 24.5 Å². The third kappa shape index (κ3) is 2.59. The van der Waals surface area contributed by atoms with E-state index in [-0.39, 0.29) is 5.91 Å². The lowest BCUT2D eigenvalue weighted by molar-refractivity contribution is -0.141. The molecule has 0 saturated carbocycles. The first-order valence-corrected chi connectivity index (χ1v) is 7.81. The molecule has 2 aromatic rings. The van der Waals surface area contributed by atoms with E-state index in [1.807, 2.05) is 12.1 Å². The van der Waals surface area contributed by atoms with Crippen molar-refractivity contribution < 1.29 is 14.7 Å². The van der Waals surface area contributed by atoms with Gasteiger partial charge in [-0.1, -0.05) is 0 Å². The number of amides is 1. The van der Waals surface area contributed by atoms with Crippen LogP contribution in [0.1, 0.15) is 28.2 Å². The molecule has 3 rings (SSSR count). The first-order chi connectivity index (χ1) is 10.6. The summed E-state index contributed by atoms with van der Waals surface area (Å²) in [5.41, 5.74) is 1.48. The Morgan fingerprint density at radius 1 is 1.45 bits per heavy atom. The third-order valence-electron chi connectivity index (χ3n) is 3.70. The van der Waals surface area contributed by atoms with E-state index >= 15 is 0 Å². The number of nitrogens with zero attached hydrogens (tertiary/aromatic N) is 3. The fourth-order valence-corrected chi connectivity index (χ4v) is 3.62. The van der Waals surface area contributed by atoms with E-state index in [1.54, 1.807) is 19.3 Å². The average Bonchev–Trinajstić information content (AvgIpc) is 3.14. The van der Waals surface area contributed by atoms with Gasteiger partial charge in [-0.15, -0.1) is 11.3 Å². The second kappa shape index (κ2) is 5.84. The zero-order valence-corrected chi connectivity index (χ0v) is 12.8. The predicted molar refractivity (Wildman–Crippen MR) is 81.8 cm³/mol. The summed E-state index contributed by atoms with van der Waals surface area (Å²) in [4.78, 5) is 34.3. The SMILES string of the molecule is Cc1nc(-c2cccnc2)sc1C(=O)N1CCCC1C(=O)O. The summed E-state index contributed by atoms with van der Waals surface area (Å²) in [5, 5.41) is 9.94. The Balaban J connectivity index is 1.91. The number of aromatic nitrogens is 2. The summed E-state index contributed by atoms with van der Waals surface area (Å²) < 4.78 is 0. The van der Waals surface area contributed by atoms with Crippen molar-refractivity contribution in [3.05, 3.63) is 35.1 Å². The van der Waals surface area contributed by atoms with Crippen molar-refractivity contribution >= 4 is 23.2 Å². The van der Waals surface area contributed by atoms with Crippen LogP contribution in [-0.4, -0.2) is 44.4 Å². The molecule has 0 aliphatic carbocycles. The molecule has 2 aromatic heterocycles. The minimum absolute atomic E-state index is 0.241. The number of hydrogen-bond donors (Lipinski definition) is 1. The summed E-state index contributed by atoms with van der Waals surface area (Å²) in [6, 6.07) is 2.97. The maximum atomic E-state index is 12.6. The third-order valence-corrected chi connectivity index (χ3v) is 4.89. The number of thiazole rings is 1. The smallest absolute Gasteiger partial charge is 0.326 e. The fraction of sp³-hybridized carbons (Fsp3) is 0.333. The molecule has 0 bridgehead atoms. The lowest BCUT2D eigenvalue weighted by Gasteiger charge is -2.20. The fourth-order valence-electron chi connectivity index (χ4n) is 2.60. The number of carbonyl (C=O) groups is 2. The Morgan fingerprint density at radius 3 is 2.95 bits per heavy atom. The highest BCUT2D eigenvalue weighted by Crippen LogP contribution is 2.30. The number of aliphatic carboxylic acids is 1. The zero-order valence-electron chi connectivity index (χ0n) is 12.0. The number of carbonyl (C=O) groups excluding carboxylic acids is 1. The highest BCUT2D eigenvalue weighted by molar-refractivity contribution is 7.17. The molecule has 3 heterocycles. The van der Waals surface area contributed by atoms with Gasteiger partial charge >= 0.3 is 5.97 Å². The van der Waals surface area contributed by atoms with Crippen LogP contribution in [0.5, 0.6) is 0 Å². The molecule has 1 saturated heterocycles. The molecule has 22 heavy (non-hydrogen) atoms. The second-order valence-electron chi connectivity index (χ2n) is 5.17. The average molecular weight is 317 g/mol. The second-order valence-corrected chi connectivity index (χ2v) is 6.17. The minimum atomic E-state index is -0.944. The van der Waals surface area contributed by atoms with Gasteiger partial charge in [-0.3, -0.25) is 9.78 Å². The molecule has 0 spiro atoms. The molecular weight excluding hydrogens is 302 g/mol. The van der Waals surface area contributed by atoms with Gasteiger partial charge in [-0.2, -0.15) is 0 Å². The number of pyridine rings is 1. The topological polar surface area (TPSA) is 83.4 Å². The normalized spacial score (nSPS) is 17.7. The van der Waals surface area contributed by atoms with E-state index in [2.05, 4.69) is 9.97 Å².